The summed E-state index contributed by atoms with van der Waals surface area (Å²) in [6.07, 6.45) is 2.90. The highest BCUT2D eigenvalue weighted by molar-refractivity contribution is 7.97. The van der Waals surface area contributed by atoms with E-state index in [0.29, 0.717) is 16.8 Å². The largest absolute Gasteiger partial charge is 0.324 e. The van der Waals surface area contributed by atoms with Crippen LogP contribution >= 0.6 is 23.4 Å². The molecule has 3 aromatic rings. The van der Waals surface area contributed by atoms with Crippen LogP contribution < -0.4 is 5.32 Å². The first-order chi connectivity index (χ1) is 12.5. The summed E-state index contributed by atoms with van der Waals surface area (Å²) < 4.78 is 41.1. The van der Waals surface area contributed by atoms with E-state index >= 15 is 0 Å². The Labute approximate surface area is 157 Å². The van der Waals surface area contributed by atoms with Crippen LogP contribution in [-0.2, 0) is 5.75 Å². The van der Waals surface area contributed by atoms with Crippen molar-refractivity contribution in [1.82, 2.24) is 9.97 Å². The zero-order valence-corrected chi connectivity index (χ0v) is 15.1. The molecule has 0 amide bonds. The van der Waals surface area contributed by atoms with Crippen molar-refractivity contribution < 1.29 is 13.2 Å². The SMILES string of the molecule is CSCc1cc(Cl)cc(Nc2ncc(F)c(-c3ccc(F)cc3F)n2)c1. The van der Waals surface area contributed by atoms with Gasteiger partial charge in [0.15, 0.2) is 5.82 Å². The molecule has 0 aliphatic rings. The minimum Gasteiger partial charge on any atom is -0.324 e. The average Bonchev–Trinajstić information content (AvgIpc) is 2.57. The maximum atomic E-state index is 14.1. The van der Waals surface area contributed by atoms with Crippen molar-refractivity contribution in [2.75, 3.05) is 11.6 Å². The molecule has 2 aromatic carbocycles. The molecule has 0 spiro atoms. The van der Waals surface area contributed by atoms with Gasteiger partial charge in [0.1, 0.15) is 17.3 Å². The number of hydrogen-bond acceptors (Lipinski definition) is 4. The molecular formula is C18H13ClF3N3S. The zero-order chi connectivity index (χ0) is 18.7. The number of halogens is 4. The standard InChI is InChI=1S/C18H13ClF3N3S/c1-26-9-10-4-11(19)6-13(5-10)24-18-23-8-16(22)17(25-18)14-3-2-12(20)7-15(14)21/h2-8H,9H2,1H3,(H,23,24,25). The van der Waals surface area contributed by atoms with Crippen LogP contribution in [0.15, 0.2) is 42.6 Å². The third-order valence-corrected chi connectivity index (χ3v) is 4.30. The van der Waals surface area contributed by atoms with Gasteiger partial charge >= 0.3 is 0 Å². The fourth-order valence-electron chi connectivity index (χ4n) is 2.40. The molecule has 0 aliphatic carbocycles. The molecule has 0 saturated carbocycles. The molecule has 26 heavy (non-hydrogen) atoms. The van der Waals surface area contributed by atoms with Gasteiger partial charge in [0.2, 0.25) is 5.95 Å². The van der Waals surface area contributed by atoms with E-state index in [1.807, 2.05) is 18.4 Å². The van der Waals surface area contributed by atoms with E-state index in [1.165, 1.54) is 0 Å². The first kappa shape index (κ1) is 18.5. The summed E-state index contributed by atoms with van der Waals surface area (Å²) in [5, 5.41) is 3.47. The van der Waals surface area contributed by atoms with Gasteiger partial charge in [0.25, 0.3) is 0 Å². The maximum absolute atomic E-state index is 14.1. The minimum atomic E-state index is -0.904. The van der Waals surface area contributed by atoms with E-state index < -0.39 is 17.5 Å². The Bertz CT molecular complexity index is 953. The molecule has 0 atom stereocenters. The van der Waals surface area contributed by atoms with Crippen LogP contribution in [0, 0.1) is 17.5 Å². The topological polar surface area (TPSA) is 37.8 Å². The number of hydrogen-bond donors (Lipinski definition) is 1. The van der Waals surface area contributed by atoms with Gasteiger partial charge in [-0.25, -0.2) is 23.1 Å². The van der Waals surface area contributed by atoms with Crippen molar-refractivity contribution in [2.24, 2.45) is 0 Å². The predicted molar refractivity (Wildman–Crippen MR) is 99.3 cm³/mol. The van der Waals surface area contributed by atoms with E-state index in [-0.39, 0.29) is 17.2 Å². The fourth-order valence-corrected chi connectivity index (χ4v) is 3.16. The summed E-state index contributed by atoms with van der Waals surface area (Å²) in [4.78, 5) is 7.90. The molecule has 0 saturated heterocycles. The lowest BCUT2D eigenvalue weighted by Gasteiger charge is -2.10. The molecule has 3 nitrogen and oxygen atoms in total. The Balaban J connectivity index is 1.95. The van der Waals surface area contributed by atoms with Gasteiger partial charge < -0.3 is 5.32 Å². The number of aromatic nitrogens is 2. The van der Waals surface area contributed by atoms with Gasteiger partial charge in [-0.2, -0.15) is 11.8 Å². The van der Waals surface area contributed by atoms with E-state index in [0.717, 1.165) is 29.6 Å². The predicted octanol–water partition coefficient (Wildman–Crippen LogP) is 5.82. The highest BCUT2D eigenvalue weighted by Crippen LogP contribution is 2.27. The lowest BCUT2D eigenvalue weighted by molar-refractivity contribution is 0.580. The number of nitrogens with one attached hydrogen (secondary N) is 1. The van der Waals surface area contributed by atoms with Gasteiger partial charge in [0, 0.05) is 28.1 Å². The summed E-state index contributed by atoms with van der Waals surface area (Å²) >= 11 is 7.75. The summed E-state index contributed by atoms with van der Waals surface area (Å²) in [5.41, 5.74) is 1.22. The van der Waals surface area contributed by atoms with Crippen molar-refractivity contribution >= 4 is 35.0 Å². The van der Waals surface area contributed by atoms with Crippen LogP contribution in [0.25, 0.3) is 11.3 Å². The van der Waals surface area contributed by atoms with E-state index in [9.17, 15) is 13.2 Å². The first-order valence-corrected chi connectivity index (χ1v) is 9.27. The summed E-state index contributed by atoms with van der Waals surface area (Å²) in [6, 6.07) is 8.24. The van der Waals surface area contributed by atoms with Crippen molar-refractivity contribution in [2.45, 2.75) is 5.75 Å². The number of anilines is 2. The lowest BCUT2D eigenvalue weighted by Crippen LogP contribution is -2.02. The maximum Gasteiger partial charge on any atom is 0.227 e. The molecule has 0 bridgehead atoms. The summed E-state index contributed by atoms with van der Waals surface area (Å²) in [7, 11) is 0. The Morgan fingerprint density at radius 1 is 1.08 bits per heavy atom. The number of thioether (sulfide) groups is 1. The molecular weight excluding hydrogens is 383 g/mol. The average molecular weight is 396 g/mol. The molecule has 1 heterocycles. The Morgan fingerprint density at radius 3 is 2.62 bits per heavy atom. The second-order valence-electron chi connectivity index (χ2n) is 5.42. The molecule has 1 aromatic heterocycles. The molecule has 0 fully saturated rings. The molecule has 0 radical (unpaired) electrons. The molecule has 1 N–H and O–H groups in total. The first-order valence-electron chi connectivity index (χ1n) is 7.49. The van der Waals surface area contributed by atoms with Crippen LogP contribution in [0.3, 0.4) is 0 Å². The normalized spacial score (nSPS) is 10.8. The summed E-state index contributed by atoms with van der Waals surface area (Å²) in [6.45, 7) is 0. The molecule has 134 valence electrons. The van der Waals surface area contributed by atoms with Crippen molar-refractivity contribution in [1.29, 1.82) is 0 Å². The van der Waals surface area contributed by atoms with Crippen LogP contribution in [0.4, 0.5) is 24.8 Å². The van der Waals surface area contributed by atoms with Crippen molar-refractivity contribution in [3.8, 4) is 11.3 Å². The minimum absolute atomic E-state index is 0.0718. The molecule has 3 rings (SSSR count). The number of nitrogens with zero attached hydrogens (tertiary/aromatic N) is 2. The quantitative estimate of drug-likeness (QED) is 0.590. The molecule has 8 heteroatoms. The van der Waals surface area contributed by atoms with Crippen LogP contribution in [-0.4, -0.2) is 16.2 Å². The monoisotopic (exact) mass is 395 g/mol. The summed E-state index contributed by atoms with van der Waals surface area (Å²) in [5.74, 6) is -1.62. The van der Waals surface area contributed by atoms with E-state index in [2.05, 4.69) is 15.3 Å². The second kappa shape index (κ2) is 7.97. The van der Waals surface area contributed by atoms with Gasteiger partial charge in [-0.1, -0.05) is 11.6 Å². The second-order valence-corrected chi connectivity index (χ2v) is 6.72. The third kappa shape index (κ3) is 4.28. The Kier molecular flexibility index (Phi) is 5.68. The number of rotatable bonds is 5. The highest BCUT2D eigenvalue weighted by Gasteiger charge is 2.15. The van der Waals surface area contributed by atoms with Gasteiger partial charge in [-0.05, 0) is 42.2 Å². The number of benzene rings is 2. The Hall–Kier alpha value is -2.25. The van der Waals surface area contributed by atoms with Gasteiger partial charge in [0.05, 0.1) is 6.20 Å². The Morgan fingerprint density at radius 2 is 1.88 bits per heavy atom. The lowest BCUT2D eigenvalue weighted by atomic mass is 10.1. The third-order valence-electron chi connectivity index (χ3n) is 3.46. The highest BCUT2D eigenvalue weighted by atomic mass is 35.5. The van der Waals surface area contributed by atoms with Gasteiger partial charge in [-0.15, -0.1) is 0 Å². The zero-order valence-electron chi connectivity index (χ0n) is 13.6. The van der Waals surface area contributed by atoms with Crippen LogP contribution in [0.5, 0.6) is 0 Å². The van der Waals surface area contributed by atoms with Crippen molar-refractivity contribution in [3.05, 3.63) is 70.6 Å². The molecule has 0 aliphatic heterocycles. The smallest absolute Gasteiger partial charge is 0.227 e. The fraction of sp³-hybridized carbons (Fsp3) is 0.111. The van der Waals surface area contributed by atoms with Crippen molar-refractivity contribution in [3.63, 3.8) is 0 Å². The van der Waals surface area contributed by atoms with Gasteiger partial charge in [-0.3, -0.25) is 0 Å². The molecule has 0 unspecified atom stereocenters. The van der Waals surface area contributed by atoms with E-state index in [1.54, 1.807) is 17.8 Å². The van der Waals surface area contributed by atoms with Crippen LogP contribution in [0.1, 0.15) is 5.56 Å². The van der Waals surface area contributed by atoms with Crippen LogP contribution in [0.2, 0.25) is 5.02 Å². The van der Waals surface area contributed by atoms with E-state index in [4.69, 9.17) is 11.6 Å².